The van der Waals surface area contributed by atoms with Crippen LogP contribution >= 0.6 is 0 Å². The molecule has 0 bridgehead atoms. The Labute approximate surface area is 163 Å². The molecule has 1 heterocycles. The lowest BCUT2D eigenvalue weighted by Gasteiger charge is -2.17. The minimum atomic E-state index is -0.517. The molecular formula is C21H25FN2O4. The second-order valence-electron chi connectivity index (χ2n) is 6.49. The number of esters is 1. The van der Waals surface area contributed by atoms with Crippen molar-refractivity contribution in [2.75, 3.05) is 20.2 Å². The Bertz CT molecular complexity index is 917. The van der Waals surface area contributed by atoms with Crippen LogP contribution in [0.5, 0.6) is 0 Å². The van der Waals surface area contributed by atoms with Gasteiger partial charge in [-0.3, -0.25) is 9.59 Å². The number of nitrogens with zero attached hydrogens (tertiary/aromatic N) is 2. The van der Waals surface area contributed by atoms with E-state index >= 15 is 0 Å². The van der Waals surface area contributed by atoms with Crippen molar-refractivity contribution < 1.29 is 23.5 Å². The average molecular weight is 388 g/mol. The van der Waals surface area contributed by atoms with E-state index in [1.807, 2.05) is 6.92 Å². The van der Waals surface area contributed by atoms with Crippen molar-refractivity contribution in [1.29, 1.82) is 0 Å². The molecular weight excluding hydrogens is 363 g/mol. The summed E-state index contributed by atoms with van der Waals surface area (Å²) in [7, 11) is 1.48. The molecule has 1 aromatic heterocycles. The number of halogens is 1. The summed E-state index contributed by atoms with van der Waals surface area (Å²) in [5.41, 5.74) is 2.12. The summed E-state index contributed by atoms with van der Waals surface area (Å²) in [4.78, 5) is 39.0. The Balaban J connectivity index is 2.31. The summed E-state index contributed by atoms with van der Waals surface area (Å²) in [6.45, 7) is 7.62. The van der Waals surface area contributed by atoms with Crippen LogP contribution in [0.25, 0.3) is 0 Å². The summed E-state index contributed by atoms with van der Waals surface area (Å²) in [5.74, 6) is -1.74. The molecule has 0 radical (unpaired) electrons. The van der Waals surface area contributed by atoms with E-state index in [4.69, 9.17) is 4.74 Å². The number of benzene rings is 1. The highest BCUT2D eigenvalue weighted by molar-refractivity contribution is 6.06. The molecule has 0 unspecified atom stereocenters. The number of rotatable bonds is 7. The third-order valence-electron chi connectivity index (χ3n) is 4.63. The Morgan fingerprint density at radius 2 is 1.86 bits per heavy atom. The van der Waals surface area contributed by atoms with Crippen LogP contribution in [-0.2, 0) is 11.3 Å². The number of likely N-dealkylation sites (N-methyl/N-ethyl adjacent to an activating group) is 1. The number of aromatic nitrogens is 1. The topological polar surface area (TPSA) is 68.6 Å². The number of ketones is 1. The van der Waals surface area contributed by atoms with Crippen LogP contribution in [0.3, 0.4) is 0 Å². The van der Waals surface area contributed by atoms with E-state index < -0.39 is 17.7 Å². The van der Waals surface area contributed by atoms with Crippen molar-refractivity contribution in [2.24, 2.45) is 0 Å². The van der Waals surface area contributed by atoms with Crippen LogP contribution in [0.1, 0.15) is 56.3 Å². The zero-order valence-electron chi connectivity index (χ0n) is 16.8. The molecule has 0 aliphatic carbocycles. The van der Waals surface area contributed by atoms with Gasteiger partial charge in [0, 0.05) is 30.4 Å². The molecule has 0 saturated heterocycles. The molecule has 2 aromatic rings. The number of hydrogen-bond donors (Lipinski definition) is 0. The van der Waals surface area contributed by atoms with Gasteiger partial charge in [0.05, 0.1) is 13.2 Å². The van der Waals surface area contributed by atoms with E-state index in [2.05, 4.69) is 0 Å². The van der Waals surface area contributed by atoms with Crippen molar-refractivity contribution in [2.45, 2.75) is 34.2 Å². The predicted molar refractivity (Wildman–Crippen MR) is 103 cm³/mol. The number of carbonyl (C=O) groups excluding carboxylic acids is 3. The molecule has 1 amide bonds. The number of Topliss-reactive ketones (excluding diaryl/α,β-unsaturated/α-hetero) is 1. The zero-order chi connectivity index (χ0) is 21.0. The maximum absolute atomic E-state index is 13.4. The van der Waals surface area contributed by atoms with Crippen LogP contribution < -0.4 is 0 Å². The molecule has 1 aromatic carbocycles. The van der Waals surface area contributed by atoms with Crippen molar-refractivity contribution in [3.05, 3.63) is 58.2 Å². The Hall–Kier alpha value is -2.96. The largest absolute Gasteiger partial charge is 0.461 e. The van der Waals surface area contributed by atoms with Gasteiger partial charge in [-0.2, -0.15) is 0 Å². The fourth-order valence-electron chi connectivity index (χ4n) is 3.37. The Kier molecular flexibility index (Phi) is 6.72. The Morgan fingerprint density at radius 3 is 2.43 bits per heavy atom. The minimum absolute atomic E-state index is 0.169. The number of hydrogen-bond acceptors (Lipinski definition) is 4. The zero-order valence-corrected chi connectivity index (χ0v) is 16.8. The highest BCUT2D eigenvalue weighted by Crippen LogP contribution is 2.24. The molecule has 0 aliphatic heterocycles. The van der Waals surface area contributed by atoms with E-state index in [1.54, 1.807) is 25.3 Å². The van der Waals surface area contributed by atoms with Gasteiger partial charge < -0.3 is 14.2 Å². The standard InChI is InChI=1S/C21H25FN2O4/c1-6-24-14(4)18(13(3)19(24)21(27)28-7-2)17(25)12-23(5)20(26)15-9-8-10-16(22)11-15/h8-11H,6-7,12H2,1-5H3. The molecule has 0 saturated carbocycles. The van der Waals surface area contributed by atoms with Gasteiger partial charge in [-0.05, 0) is 51.5 Å². The van der Waals surface area contributed by atoms with Gasteiger partial charge in [0.1, 0.15) is 11.5 Å². The molecule has 0 fully saturated rings. The summed E-state index contributed by atoms with van der Waals surface area (Å²) < 4.78 is 20.2. The Morgan fingerprint density at radius 1 is 1.18 bits per heavy atom. The molecule has 28 heavy (non-hydrogen) atoms. The maximum Gasteiger partial charge on any atom is 0.355 e. The fourth-order valence-corrected chi connectivity index (χ4v) is 3.37. The summed E-state index contributed by atoms with van der Waals surface area (Å²) >= 11 is 0. The molecule has 7 heteroatoms. The molecule has 0 N–H and O–H groups in total. The van der Waals surface area contributed by atoms with Gasteiger partial charge in [0.25, 0.3) is 5.91 Å². The van der Waals surface area contributed by atoms with Crippen molar-refractivity contribution in [3.8, 4) is 0 Å². The van der Waals surface area contributed by atoms with E-state index in [1.165, 1.54) is 30.1 Å². The van der Waals surface area contributed by atoms with Crippen LogP contribution in [0, 0.1) is 19.7 Å². The summed E-state index contributed by atoms with van der Waals surface area (Å²) in [6.07, 6.45) is 0. The summed E-state index contributed by atoms with van der Waals surface area (Å²) in [6, 6.07) is 5.32. The van der Waals surface area contributed by atoms with E-state index in [-0.39, 0.29) is 24.5 Å². The monoisotopic (exact) mass is 388 g/mol. The molecule has 150 valence electrons. The van der Waals surface area contributed by atoms with Gasteiger partial charge in [-0.1, -0.05) is 6.07 Å². The fraction of sp³-hybridized carbons (Fsp3) is 0.381. The van der Waals surface area contributed by atoms with Gasteiger partial charge in [-0.25, -0.2) is 9.18 Å². The van der Waals surface area contributed by atoms with Crippen LogP contribution in [0.15, 0.2) is 24.3 Å². The van der Waals surface area contributed by atoms with E-state index in [0.717, 1.165) is 6.07 Å². The third kappa shape index (κ3) is 4.13. The molecule has 2 rings (SSSR count). The highest BCUT2D eigenvalue weighted by Gasteiger charge is 2.27. The van der Waals surface area contributed by atoms with Crippen LogP contribution in [-0.4, -0.2) is 47.3 Å². The first-order valence-electron chi connectivity index (χ1n) is 9.13. The number of carbonyl (C=O) groups is 3. The predicted octanol–water partition coefficient (Wildman–Crippen LogP) is 3.40. The lowest BCUT2D eigenvalue weighted by atomic mass is 10.0. The third-order valence-corrected chi connectivity index (χ3v) is 4.63. The lowest BCUT2D eigenvalue weighted by molar-refractivity contribution is 0.0512. The first-order chi connectivity index (χ1) is 13.2. The van der Waals surface area contributed by atoms with E-state index in [9.17, 15) is 18.8 Å². The SMILES string of the molecule is CCOC(=O)c1c(C)c(C(=O)CN(C)C(=O)c2cccc(F)c2)c(C)n1CC. The maximum atomic E-state index is 13.4. The van der Waals surface area contributed by atoms with Crippen molar-refractivity contribution in [3.63, 3.8) is 0 Å². The van der Waals surface area contributed by atoms with Crippen molar-refractivity contribution >= 4 is 17.7 Å². The molecule has 0 spiro atoms. The second-order valence-corrected chi connectivity index (χ2v) is 6.49. The van der Waals surface area contributed by atoms with Gasteiger partial charge >= 0.3 is 5.97 Å². The van der Waals surface area contributed by atoms with Crippen LogP contribution in [0.2, 0.25) is 0 Å². The molecule has 0 atom stereocenters. The second kappa shape index (κ2) is 8.82. The first-order valence-corrected chi connectivity index (χ1v) is 9.13. The quantitative estimate of drug-likeness (QED) is 0.539. The lowest BCUT2D eigenvalue weighted by Crippen LogP contribution is -2.32. The first kappa shape index (κ1) is 21.3. The smallest absolute Gasteiger partial charge is 0.355 e. The van der Waals surface area contributed by atoms with Gasteiger partial charge in [0.2, 0.25) is 0 Å². The number of ether oxygens (including phenoxy) is 1. The molecule has 6 nitrogen and oxygen atoms in total. The van der Waals surface area contributed by atoms with E-state index in [0.29, 0.717) is 29.1 Å². The number of amides is 1. The molecule has 0 aliphatic rings. The van der Waals surface area contributed by atoms with Gasteiger partial charge in [0.15, 0.2) is 5.78 Å². The average Bonchev–Trinajstić information content (AvgIpc) is 2.90. The van der Waals surface area contributed by atoms with Gasteiger partial charge in [-0.15, -0.1) is 0 Å². The van der Waals surface area contributed by atoms with Crippen molar-refractivity contribution in [1.82, 2.24) is 9.47 Å². The summed E-state index contributed by atoms with van der Waals surface area (Å²) in [5, 5.41) is 0. The normalized spacial score (nSPS) is 10.6. The van der Waals surface area contributed by atoms with Crippen LogP contribution in [0.4, 0.5) is 4.39 Å². The minimum Gasteiger partial charge on any atom is -0.461 e. The highest BCUT2D eigenvalue weighted by atomic mass is 19.1.